The second-order valence-electron chi connectivity index (χ2n) is 15.9. The number of esters is 3. The van der Waals surface area contributed by atoms with Crippen LogP contribution in [0.4, 0.5) is 19.7 Å². The number of unbranched alkanes of at least 4 members (excludes halogenated alkanes) is 2. The van der Waals surface area contributed by atoms with Crippen molar-refractivity contribution in [1.82, 2.24) is 20.5 Å². The van der Waals surface area contributed by atoms with Gasteiger partial charge in [0.2, 0.25) is 5.96 Å². The number of nitrogens with one attached hydrogen (secondary N) is 2. The van der Waals surface area contributed by atoms with Gasteiger partial charge in [-0.15, -0.1) is 11.3 Å². The number of rotatable bonds is 15. The smallest absolute Gasteiger partial charge is 0.414 e. The summed E-state index contributed by atoms with van der Waals surface area (Å²) in [5.41, 5.74) is -1.28. The number of alkyl carbamates (subject to hydrolysis) is 2. The van der Waals surface area contributed by atoms with Crippen LogP contribution in [0.5, 0.6) is 5.75 Å². The molecule has 2 heterocycles. The highest BCUT2D eigenvalue weighted by atomic mass is 32.1. The fourth-order valence-electron chi connectivity index (χ4n) is 5.26. The lowest BCUT2D eigenvalue weighted by molar-refractivity contribution is -0.144. The van der Waals surface area contributed by atoms with Gasteiger partial charge < -0.3 is 28.6 Å². The van der Waals surface area contributed by atoms with Crippen molar-refractivity contribution in [3.05, 3.63) is 87.5 Å². The first kappa shape index (κ1) is 48.2. The van der Waals surface area contributed by atoms with Crippen LogP contribution in [0, 0.1) is 5.82 Å². The number of carbonyl (C=O) groups excluding carboxylic acids is 6. The van der Waals surface area contributed by atoms with E-state index >= 15 is 4.39 Å². The third-order valence-corrected chi connectivity index (χ3v) is 9.03. The van der Waals surface area contributed by atoms with Crippen molar-refractivity contribution >= 4 is 69.9 Å². The minimum atomic E-state index is -1.04. The molecule has 2 aromatic carbocycles. The summed E-state index contributed by atoms with van der Waals surface area (Å²) in [5.74, 6) is -4.05. The van der Waals surface area contributed by atoms with Crippen molar-refractivity contribution in [2.45, 2.75) is 98.8 Å². The molecule has 18 heteroatoms. The predicted octanol–water partition coefficient (Wildman–Crippen LogP) is 8.63. The van der Waals surface area contributed by atoms with Crippen molar-refractivity contribution in [1.29, 1.82) is 0 Å². The van der Waals surface area contributed by atoms with Crippen LogP contribution in [0.15, 0.2) is 65.0 Å². The lowest BCUT2D eigenvalue weighted by atomic mass is 10.1. The van der Waals surface area contributed by atoms with Gasteiger partial charge in [-0.2, -0.15) is 0 Å². The fraction of sp³-hybridized carbons (Fsp3) is 0.409. The Morgan fingerprint density at radius 1 is 0.790 bits per heavy atom. The van der Waals surface area contributed by atoms with E-state index in [9.17, 15) is 28.8 Å². The Kier molecular flexibility index (Phi) is 17.0. The van der Waals surface area contributed by atoms with Gasteiger partial charge in [-0.3, -0.25) is 20.2 Å². The SMILES string of the molecule is CCCCOC(=O)CN(Cc1csc(C(=O)OCCCC)c1)C(=O)c1ccc2cc(OC(=O)c3ccc(N=C(NC(=O)OC(C)(C)C)NC(=O)OC(C)(C)C)cc3F)ccc2n1. The molecule has 0 saturated carbocycles. The van der Waals surface area contributed by atoms with E-state index in [-0.39, 0.29) is 36.8 Å². The molecule has 0 spiro atoms. The molecule has 16 nitrogen and oxygen atoms in total. The Labute approximate surface area is 363 Å². The number of hydrogen-bond donors (Lipinski definition) is 2. The minimum Gasteiger partial charge on any atom is -0.464 e. The molecule has 0 unspecified atom stereocenters. The van der Waals surface area contributed by atoms with Crippen LogP contribution in [0.1, 0.15) is 117 Å². The lowest BCUT2D eigenvalue weighted by Gasteiger charge is -2.22. The molecule has 2 aromatic heterocycles. The molecule has 2 N–H and O–H groups in total. The van der Waals surface area contributed by atoms with Gasteiger partial charge in [0.15, 0.2) is 0 Å². The first-order valence-electron chi connectivity index (χ1n) is 19.9. The highest BCUT2D eigenvalue weighted by Crippen LogP contribution is 2.25. The van der Waals surface area contributed by atoms with E-state index in [1.54, 1.807) is 59.1 Å². The van der Waals surface area contributed by atoms with E-state index in [1.165, 1.54) is 46.6 Å². The number of hydrogen-bond acceptors (Lipinski definition) is 14. The van der Waals surface area contributed by atoms with Crippen molar-refractivity contribution in [2.75, 3.05) is 19.8 Å². The molecule has 0 aliphatic rings. The van der Waals surface area contributed by atoms with Crippen LogP contribution in [-0.2, 0) is 30.3 Å². The Bertz CT molecular complexity index is 2270. The van der Waals surface area contributed by atoms with E-state index in [0.717, 1.165) is 31.4 Å². The average molecular weight is 878 g/mol. The molecule has 0 bridgehead atoms. The van der Waals surface area contributed by atoms with Crippen LogP contribution < -0.4 is 15.4 Å². The zero-order valence-corrected chi connectivity index (χ0v) is 36.9. The van der Waals surface area contributed by atoms with E-state index in [2.05, 4.69) is 20.6 Å². The highest BCUT2D eigenvalue weighted by molar-refractivity contribution is 7.12. The Balaban J connectivity index is 1.50. The van der Waals surface area contributed by atoms with Gasteiger partial charge in [-0.1, -0.05) is 32.8 Å². The van der Waals surface area contributed by atoms with Gasteiger partial charge in [-0.25, -0.2) is 33.5 Å². The zero-order chi connectivity index (χ0) is 45.6. The number of aromatic nitrogens is 1. The van der Waals surface area contributed by atoms with Gasteiger partial charge in [0.1, 0.15) is 39.9 Å². The number of ether oxygens (including phenoxy) is 5. The van der Waals surface area contributed by atoms with Crippen molar-refractivity contribution in [2.24, 2.45) is 4.99 Å². The summed E-state index contributed by atoms with van der Waals surface area (Å²) < 4.78 is 41.9. The number of benzene rings is 2. The topological polar surface area (TPSA) is 201 Å². The predicted molar refractivity (Wildman–Crippen MR) is 229 cm³/mol. The molecule has 0 radical (unpaired) electrons. The van der Waals surface area contributed by atoms with Gasteiger partial charge in [0, 0.05) is 18.0 Å². The second kappa shape index (κ2) is 21.9. The van der Waals surface area contributed by atoms with Gasteiger partial charge >= 0.3 is 30.1 Å². The standard InChI is InChI=1S/C44H52FN5O11S/c1-9-11-19-57-36(51)25-50(24-27-21-35(62-26-27)39(54)58-20-12-10-2)37(52)34-17-13-28-22-30(15-18-33(28)47-34)59-38(53)31-16-14-29(23-32(31)45)46-40(48-41(55)60-43(3,4)5)49-42(56)61-44(6,7)8/h13-18,21-23,26H,9-12,19-20,24-25H2,1-8H3,(H2,46,48,49,55,56). The summed E-state index contributed by atoms with van der Waals surface area (Å²) in [4.78, 5) is 87.4. The summed E-state index contributed by atoms with van der Waals surface area (Å²) >= 11 is 1.18. The quantitative estimate of drug-likeness (QED) is 0.0288. The molecule has 0 saturated heterocycles. The first-order chi connectivity index (χ1) is 29.2. The van der Waals surface area contributed by atoms with Crippen molar-refractivity contribution < 1.29 is 56.8 Å². The van der Waals surface area contributed by atoms with Crippen LogP contribution in [0.3, 0.4) is 0 Å². The highest BCUT2D eigenvalue weighted by Gasteiger charge is 2.25. The number of guanidine groups is 1. The normalized spacial score (nSPS) is 11.2. The number of aliphatic imine (C=N–C) groups is 1. The van der Waals surface area contributed by atoms with Gasteiger partial charge in [-0.05, 0) is 108 Å². The minimum absolute atomic E-state index is 0.00789. The number of halogens is 1. The van der Waals surface area contributed by atoms with Crippen LogP contribution in [0.25, 0.3) is 10.9 Å². The van der Waals surface area contributed by atoms with E-state index in [4.69, 9.17) is 23.7 Å². The van der Waals surface area contributed by atoms with Crippen LogP contribution >= 0.6 is 11.3 Å². The molecule has 0 fully saturated rings. The molecular weight excluding hydrogens is 826 g/mol. The maximum atomic E-state index is 15.4. The number of nitrogens with zero attached hydrogens (tertiary/aromatic N) is 3. The maximum absolute atomic E-state index is 15.4. The lowest BCUT2D eigenvalue weighted by Crippen LogP contribution is -2.47. The molecule has 62 heavy (non-hydrogen) atoms. The number of amides is 3. The molecule has 4 aromatic rings. The summed E-state index contributed by atoms with van der Waals surface area (Å²) in [5, 5.41) is 6.80. The Morgan fingerprint density at radius 3 is 2.05 bits per heavy atom. The average Bonchev–Trinajstić information content (AvgIpc) is 3.64. The summed E-state index contributed by atoms with van der Waals surface area (Å²) in [6.07, 6.45) is 1.21. The van der Waals surface area contributed by atoms with E-state index in [1.807, 2.05) is 13.8 Å². The third-order valence-electron chi connectivity index (χ3n) is 8.07. The van der Waals surface area contributed by atoms with Crippen molar-refractivity contribution in [3.8, 4) is 5.75 Å². The number of thiophene rings is 1. The third kappa shape index (κ3) is 15.6. The Morgan fingerprint density at radius 2 is 1.44 bits per heavy atom. The van der Waals surface area contributed by atoms with Gasteiger partial charge in [0.05, 0.1) is 30.0 Å². The number of pyridine rings is 1. The molecule has 0 aliphatic heterocycles. The number of fused-ring (bicyclic) bond motifs is 1. The summed E-state index contributed by atoms with van der Waals surface area (Å²) in [6, 6.07) is 12.4. The monoisotopic (exact) mass is 877 g/mol. The molecular formula is C44H52FN5O11S. The fourth-order valence-corrected chi connectivity index (χ4v) is 6.06. The molecule has 0 atom stereocenters. The van der Waals surface area contributed by atoms with Crippen molar-refractivity contribution in [3.63, 3.8) is 0 Å². The second-order valence-corrected chi connectivity index (χ2v) is 16.8. The molecule has 0 aliphatic carbocycles. The zero-order valence-electron chi connectivity index (χ0n) is 36.0. The largest absolute Gasteiger partial charge is 0.464 e. The Hall–Kier alpha value is -6.43. The number of carbonyl (C=O) groups is 6. The summed E-state index contributed by atoms with van der Waals surface area (Å²) in [7, 11) is 0. The summed E-state index contributed by atoms with van der Waals surface area (Å²) in [6.45, 7) is 13.9. The van der Waals surface area contributed by atoms with Gasteiger partial charge in [0.25, 0.3) is 5.91 Å². The van der Waals surface area contributed by atoms with Crippen LogP contribution in [0.2, 0.25) is 0 Å². The van der Waals surface area contributed by atoms with E-state index < -0.39 is 64.5 Å². The van der Waals surface area contributed by atoms with Crippen LogP contribution in [-0.4, -0.2) is 82.8 Å². The van der Waals surface area contributed by atoms with E-state index in [0.29, 0.717) is 34.4 Å². The maximum Gasteiger partial charge on any atom is 0.414 e. The molecule has 4 rings (SSSR count). The molecule has 332 valence electrons. The molecule has 3 amide bonds. The first-order valence-corrected chi connectivity index (χ1v) is 20.8.